The molecule has 19 heavy (non-hydrogen) atoms. The number of carbonyl (C=O) groups is 2. The molecule has 0 aromatic carbocycles. The molecular weight excluding hydrogens is 242 g/mol. The zero-order valence-electron chi connectivity index (χ0n) is 11.7. The highest BCUT2D eigenvalue weighted by atomic mass is 16.4. The first-order chi connectivity index (χ1) is 9.08. The molecule has 0 heterocycles. The van der Waals surface area contributed by atoms with Crippen molar-refractivity contribution in [3.63, 3.8) is 0 Å². The highest BCUT2D eigenvalue weighted by Gasteiger charge is 2.34. The summed E-state index contributed by atoms with van der Waals surface area (Å²) < 4.78 is 0. The third-order valence-electron chi connectivity index (χ3n) is 4.98. The Morgan fingerprint density at radius 2 is 1.79 bits per heavy atom. The Bertz CT molecular complexity index is 342. The van der Waals surface area contributed by atoms with Crippen molar-refractivity contribution in [1.29, 1.82) is 0 Å². The lowest BCUT2D eigenvalue weighted by molar-refractivity contribution is -0.141. The van der Waals surface area contributed by atoms with Crippen molar-refractivity contribution >= 4 is 11.9 Å². The van der Waals surface area contributed by atoms with Crippen LogP contribution in [0.2, 0.25) is 0 Å². The van der Waals surface area contributed by atoms with Crippen molar-refractivity contribution < 1.29 is 14.7 Å². The maximum Gasteiger partial charge on any atom is 0.306 e. The number of hydrogen-bond acceptors (Lipinski definition) is 2. The Morgan fingerprint density at radius 3 is 2.42 bits per heavy atom. The van der Waals surface area contributed by atoms with Gasteiger partial charge in [-0.3, -0.25) is 9.59 Å². The predicted molar refractivity (Wildman–Crippen MR) is 72.6 cm³/mol. The zero-order chi connectivity index (χ0) is 13.8. The van der Waals surface area contributed by atoms with E-state index in [1.54, 1.807) is 0 Å². The summed E-state index contributed by atoms with van der Waals surface area (Å²) in [7, 11) is 0. The Kier molecular flexibility index (Phi) is 4.83. The summed E-state index contributed by atoms with van der Waals surface area (Å²) in [5.41, 5.74) is 0. The van der Waals surface area contributed by atoms with Crippen molar-refractivity contribution in [3.05, 3.63) is 0 Å². The van der Waals surface area contributed by atoms with Crippen molar-refractivity contribution in [1.82, 2.24) is 5.32 Å². The van der Waals surface area contributed by atoms with Crippen LogP contribution in [0.3, 0.4) is 0 Å². The van der Waals surface area contributed by atoms with Crippen LogP contribution in [0.1, 0.15) is 51.9 Å². The molecule has 108 valence electrons. The minimum Gasteiger partial charge on any atom is -0.481 e. The molecule has 0 radical (unpaired) electrons. The first-order valence-electron chi connectivity index (χ1n) is 7.58. The summed E-state index contributed by atoms with van der Waals surface area (Å²) >= 11 is 0. The van der Waals surface area contributed by atoms with Crippen LogP contribution in [-0.4, -0.2) is 23.5 Å². The van der Waals surface area contributed by atoms with Crippen molar-refractivity contribution in [2.24, 2.45) is 23.7 Å². The van der Waals surface area contributed by atoms with E-state index in [1.807, 2.05) is 0 Å². The molecular formula is C15H25NO3. The monoisotopic (exact) mass is 267 g/mol. The lowest BCUT2D eigenvalue weighted by atomic mass is 9.80. The number of aliphatic carboxylic acids is 1. The van der Waals surface area contributed by atoms with Gasteiger partial charge >= 0.3 is 5.97 Å². The highest BCUT2D eigenvalue weighted by molar-refractivity contribution is 5.80. The molecule has 0 aromatic rings. The van der Waals surface area contributed by atoms with Gasteiger partial charge in [-0.15, -0.1) is 0 Å². The maximum absolute atomic E-state index is 12.1. The van der Waals surface area contributed by atoms with Crippen LogP contribution in [0.15, 0.2) is 0 Å². The van der Waals surface area contributed by atoms with Crippen LogP contribution in [0.5, 0.6) is 0 Å². The second-order valence-electron chi connectivity index (χ2n) is 6.31. The topological polar surface area (TPSA) is 66.4 Å². The number of carbonyl (C=O) groups excluding carboxylic acids is 1. The smallest absolute Gasteiger partial charge is 0.306 e. The molecule has 0 spiro atoms. The fourth-order valence-corrected chi connectivity index (χ4v) is 3.52. The minimum atomic E-state index is -0.754. The summed E-state index contributed by atoms with van der Waals surface area (Å²) in [5.74, 6) is 0.223. The molecule has 0 bridgehead atoms. The van der Waals surface area contributed by atoms with Gasteiger partial charge in [-0.25, -0.2) is 0 Å². The molecule has 2 rings (SSSR count). The molecule has 4 atom stereocenters. The predicted octanol–water partition coefficient (Wildman–Crippen LogP) is 2.43. The van der Waals surface area contributed by atoms with Crippen molar-refractivity contribution in [2.75, 3.05) is 6.54 Å². The molecule has 2 aliphatic rings. The second-order valence-corrected chi connectivity index (χ2v) is 6.31. The zero-order valence-corrected chi connectivity index (χ0v) is 11.7. The average Bonchev–Trinajstić information content (AvgIpc) is 2.87. The van der Waals surface area contributed by atoms with E-state index in [9.17, 15) is 9.59 Å². The average molecular weight is 267 g/mol. The van der Waals surface area contributed by atoms with Crippen LogP contribution in [0.25, 0.3) is 0 Å². The van der Waals surface area contributed by atoms with E-state index < -0.39 is 5.97 Å². The van der Waals surface area contributed by atoms with Crippen LogP contribution in [0.4, 0.5) is 0 Å². The Morgan fingerprint density at radius 1 is 1.11 bits per heavy atom. The summed E-state index contributed by atoms with van der Waals surface area (Å²) in [6.07, 6.45) is 6.95. The van der Waals surface area contributed by atoms with Gasteiger partial charge in [-0.2, -0.15) is 0 Å². The number of rotatable bonds is 4. The van der Waals surface area contributed by atoms with Crippen LogP contribution in [-0.2, 0) is 9.59 Å². The molecule has 4 nitrogen and oxygen atoms in total. The number of hydrogen-bond donors (Lipinski definition) is 2. The van der Waals surface area contributed by atoms with Gasteiger partial charge < -0.3 is 10.4 Å². The molecule has 2 unspecified atom stereocenters. The van der Waals surface area contributed by atoms with Crippen molar-refractivity contribution in [3.8, 4) is 0 Å². The molecule has 0 aliphatic heterocycles. The van der Waals surface area contributed by atoms with Gasteiger partial charge in [-0.1, -0.05) is 26.2 Å². The molecule has 2 fully saturated rings. The van der Waals surface area contributed by atoms with E-state index >= 15 is 0 Å². The maximum atomic E-state index is 12.1. The van der Waals surface area contributed by atoms with Gasteiger partial charge in [0, 0.05) is 12.5 Å². The van der Waals surface area contributed by atoms with Crippen LogP contribution in [0, 0.1) is 23.7 Å². The van der Waals surface area contributed by atoms with E-state index in [0.29, 0.717) is 24.7 Å². The largest absolute Gasteiger partial charge is 0.481 e. The summed E-state index contributed by atoms with van der Waals surface area (Å²) in [6, 6.07) is 0. The van der Waals surface area contributed by atoms with Gasteiger partial charge in [0.25, 0.3) is 0 Å². The fraction of sp³-hybridized carbons (Fsp3) is 0.867. The van der Waals surface area contributed by atoms with E-state index in [4.69, 9.17) is 5.11 Å². The molecule has 2 saturated carbocycles. The van der Waals surface area contributed by atoms with Crippen LogP contribution >= 0.6 is 0 Å². The fourth-order valence-electron chi connectivity index (χ4n) is 3.52. The normalized spacial score (nSPS) is 35.0. The van der Waals surface area contributed by atoms with E-state index in [0.717, 1.165) is 13.0 Å². The van der Waals surface area contributed by atoms with Gasteiger partial charge in [0.05, 0.1) is 5.92 Å². The van der Waals surface area contributed by atoms with Crippen LogP contribution < -0.4 is 5.32 Å². The third-order valence-corrected chi connectivity index (χ3v) is 4.98. The number of amides is 1. The lowest BCUT2D eigenvalue weighted by Gasteiger charge is -2.29. The second kappa shape index (κ2) is 6.40. The molecule has 0 saturated heterocycles. The first-order valence-corrected chi connectivity index (χ1v) is 7.58. The summed E-state index contributed by atoms with van der Waals surface area (Å²) in [5, 5.41) is 12.0. The quantitative estimate of drug-likeness (QED) is 0.822. The summed E-state index contributed by atoms with van der Waals surface area (Å²) in [4.78, 5) is 22.9. The van der Waals surface area contributed by atoms with E-state index in [2.05, 4.69) is 12.2 Å². The molecule has 2 aliphatic carbocycles. The SMILES string of the molecule is CC1CCCCC1CNC(=O)[C@@H]1CC[C@H](C(=O)O)C1. The highest BCUT2D eigenvalue weighted by Crippen LogP contribution is 2.32. The molecule has 2 N–H and O–H groups in total. The molecule has 0 aromatic heterocycles. The number of nitrogens with one attached hydrogen (secondary N) is 1. The Hall–Kier alpha value is -1.06. The van der Waals surface area contributed by atoms with Crippen molar-refractivity contribution in [2.45, 2.75) is 51.9 Å². The standard InChI is InChI=1S/C15H25NO3/c1-10-4-2-3-5-13(10)9-16-14(17)11-6-7-12(8-11)15(18)19/h10-13H,2-9H2,1H3,(H,16,17)(H,18,19)/t10?,11-,12+,13?/m1/s1. The Balaban J connectivity index is 1.74. The van der Waals surface area contributed by atoms with Gasteiger partial charge in [0.15, 0.2) is 0 Å². The van der Waals surface area contributed by atoms with Gasteiger partial charge in [0.2, 0.25) is 5.91 Å². The molecule has 1 amide bonds. The number of carboxylic acids is 1. The Labute approximate surface area is 115 Å². The first kappa shape index (κ1) is 14.4. The lowest BCUT2D eigenvalue weighted by Crippen LogP contribution is -2.36. The number of carboxylic acid groups (broad SMARTS) is 1. The minimum absolute atomic E-state index is 0.0709. The van der Waals surface area contributed by atoms with E-state index in [1.165, 1.54) is 25.7 Å². The van der Waals surface area contributed by atoms with Gasteiger partial charge in [-0.05, 0) is 37.5 Å². The summed E-state index contributed by atoms with van der Waals surface area (Å²) in [6.45, 7) is 3.04. The molecule has 4 heteroatoms. The third kappa shape index (κ3) is 3.71. The van der Waals surface area contributed by atoms with E-state index in [-0.39, 0.29) is 17.7 Å². The van der Waals surface area contributed by atoms with Gasteiger partial charge in [0.1, 0.15) is 0 Å².